The van der Waals surface area contributed by atoms with Crippen LogP contribution in [-0.4, -0.2) is 20.3 Å². The van der Waals surface area contributed by atoms with Crippen LogP contribution in [0.2, 0.25) is 0 Å². The molecule has 0 saturated carbocycles. The van der Waals surface area contributed by atoms with Crippen LogP contribution in [0.25, 0.3) is 11.0 Å². The molecule has 1 aliphatic rings. The lowest BCUT2D eigenvalue weighted by molar-refractivity contribution is -0.113. The van der Waals surface area contributed by atoms with Gasteiger partial charge in [-0.15, -0.1) is 3.89 Å². The molecule has 1 atom stereocenters. The van der Waals surface area contributed by atoms with Gasteiger partial charge in [0.05, 0.1) is 6.04 Å². The molecule has 0 radical (unpaired) electrons. The first kappa shape index (κ1) is 18.3. The second-order valence-corrected chi connectivity index (χ2v) is 6.72. The number of hydrogen-bond acceptors (Lipinski definition) is 6. The lowest BCUT2D eigenvalue weighted by Crippen LogP contribution is -2.31. The van der Waals surface area contributed by atoms with Crippen LogP contribution in [0.15, 0.2) is 66.0 Å². The van der Waals surface area contributed by atoms with E-state index in [9.17, 15) is 13.1 Å². The number of rotatable bonds is 4. The zero-order chi connectivity index (χ0) is 19.7. The van der Waals surface area contributed by atoms with Gasteiger partial charge in [0.15, 0.2) is 18.0 Å². The normalized spacial score (nSPS) is 16.7. The molecule has 28 heavy (non-hydrogen) atoms. The smallest absolute Gasteiger partial charge is 0.275 e. The van der Waals surface area contributed by atoms with Crippen LogP contribution in [0.4, 0.5) is 14.1 Å². The van der Waals surface area contributed by atoms with Gasteiger partial charge in [0.2, 0.25) is 0 Å². The Morgan fingerprint density at radius 1 is 1.25 bits per heavy atom. The lowest BCUT2D eigenvalue weighted by atomic mass is 10.00. The molecule has 0 bridgehead atoms. The van der Waals surface area contributed by atoms with Crippen LogP contribution in [0, 0.1) is 5.82 Å². The number of anilines is 1. The molecule has 2 aromatic heterocycles. The highest BCUT2D eigenvalue weighted by Crippen LogP contribution is 2.36. The molecular weight excluding hydrogens is 384 g/mol. The molecule has 9 heteroatoms. The Balaban J connectivity index is 1.63. The molecular formula is C19H15F2N5OS. The Kier molecular flexibility index (Phi) is 4.93. The van der Waals surface area contributed by atoms with E-state index in [4.69, 9.17) is 0 Å². The highest BCUT2D eigenvalue weighted by atomic mass is 32.2. The van der Waals surface area contributed by atoms with E-state index in [2.05, 4.69) is 20.7 Å². The lowest BCUT2D eigenvalue weighted by Gasteiger charge is -2.17. The van der Waals surface area contributed by atoms with Crippen molar-refractivity contribution in [2.24, 2.45) is 0 Å². The van der Waals surface area contributed by atoms with Crippen molar-refractivity contribution in [3.8, 4) is 0 Å². The number of fused-ring (bicyclic) bond motifs is 1. The van der Waals surface area contributed by atoms with Gasteiger partial charge in [-0.25, -0.2) is 24.2 Å². The Hall–Kier alpha value is -3.04. The summed E-state index contributed by atoms with van der Waals surface area (Å²) in [6.45, 7) is 1.70. The van der Waals surface area contributed by atoms with Gasteiger partial charge < -0.3 is 5.32 Å². The summed E-state index contributed by atoms with van der Waals surface area (Å²) < 4.78 is 28.1. The predicted molar refractivity (Wildman–Crippen MR) is 104 cm³/mol. The number of amides is 1. The summed E-state index contributed by atoms with van der Waals surface area (Å²) in [6, 6.07) is 12.5. The van der Waals surface area contributed by atoms with Crippen molar-refractivity contribution in [3.05, 3.63) is 77.4 Å². The van der Waals surface area contributed by atoms with Crippen molar-refractivity contribution in [2.45, 2.75) is 13.0 Å². The summed E-state index contributed by atoms with van der Waals surface area (Å²) in [7, 11) is 0. The molecule has 1 amide bonds. The molecule has 1 unspecified atom stereocenters. The molecule has 0 fully saturated rings. The van der Waals surface area contributed by atoms with Gasteiger partial charge in [0.1, 0.15) is 17.3 Å². The molecule has 0 spiro atoms. The fourth-order valence-corrected chi connectivity index (χ4v) is 3.55. The maximum atomic E-state index is 13.6. The SMILES string of the molecule is CC1=C(C(=O)Nc2ccc3cccnc3n2)N(SF)NC1c1cccc(F)c1. The van der Waals surface area contributed by atoms with E-state index >= 15 is 0 Å². The van der Waals surface area contributed by atoms with Crippen molar-refractivity contribution in [1.82, 2.24) is 19.8 Å². The fraction of sp³-hybridized carbons (Fsp3) is 0.105. The summed E-state index contributed by atoms with van der Waals surface area (Å²) in [5.41, 5.74) is 4.61. The van der Waals surface area contributed by atoms with Crippen LogP contribution < -0.4 is 10.7 Å². The molecule has 4 rings (SSSR count). The van der Waals surface area contributed by atoms with Crippen LogP contribution in [-0.2, 0) is 4.79 Å². The first-order chi connectivity index (χ1) is 13.6. The monoisotopic (exact) mass is 399 g/mol. The van der Waals surface area contributed by atoms with Gasteiger partial charge in [-0.1, -0.05) is 12.1 Å². The number of hydrazine groups is 1. The minimum absolute atomic E-state index is 0.102. The van der Waals surface area contributed by atoms with Gasteiger partial charge in [-0.3, -0.25) is 4.79 Å². The topological polar surface area (TPSA) is 70.2 Å². The number of nitrogens with one attached hydrogen (secondary N) is 2. The van der Waals surface area contributed by atoms with E-state index in [1.807, 2.05) is 6.07 Å². The van der Waals surface area contributed by atoms with Crippen LogP contribution in [0.1, 0.15) is 18.5 Å². The van der Waals surface area contributed by atoms with Gasteiger partial charge in [-0.05, 0) is 54.5 Å². The molecule has 1 aromatic carbocycles. The molecule has 1 aliphatic heterocycles. The van der Waals surface area contributed by atoms with Crippen molar-refractivity contribution in [2.75, 3.05) is 5.32 Å². The van der Waals surface area contributed by atoms with E-state index < -0.39 is 17.8 Å². The summed E-state index contributed by atoms with van der Waals surface area (Å²) >= 11 is -0.135. The molecule has 0 aliphatic carbocycles. The number of halogens is 2. The average Bonchev–Trinajstić information content (AvgIpc) is 3.04. The number of benzene rings is 1. The van der Waals surface area contributed by atoms with E-state index in [1.54, 1.807) is 43.5 Å². The Morgan fingerprint density at radius 3 is 2.89 bits per heavy atom. The first-order valence-corrected chi connectivity index (χ1v) is 9.08. The van der Waals surface area contributed by atoms with E-state index in [0.29, 0.717) is 22.6 Å². The third-order valence-electron chi connectivity index (χ3n) is 4.43. The minimum atomic E-state index is -0.531. The zero-order valence-electron chi connectivity index (χ0n) is 14.7. The third-order valence-corrected chi connectivity index (χ3v) is 4.85. The molecule has 2 N–H and O–H groups in total. The number of aromatic nitrogens is 2. The summed E-state index contributed by atoms with van der Waals surface area (Å²) in [5, 5.41) is 3.51. The number of pyridine rings is 2. The Bertz CT molecular complexity index is 1090. The minimum Gasteiger partial charge on any atom is -0.305 e. The van der Waals surface area contributed by atoms with Crippen molar-refractivity contribution < 1.29 is 13.1 Å². The zero-order valence-corrected chi connectivity index (χ0v) is 15.5. The van der Waals surface area contributed by atoms with Crippen molar-refractivity contribution >= 4 is 35.1 Å². The van der Waals surface area contributed by atoms with Crippen LogP contribution in [0.5, 0.6) is 0 Å². The maximum Gasteiger partial charge on any atom is 0.275 e. The summed E-state index contributed by atoms with van der Waals surface area (Å²) in [4.78, 5) is 21.3. The highest BCUT2D eigenvalue weighted by Gasteiger charge is 2.35. The molecule has 142 valence electrons. The quantitative estimate of drug-likeness (QED) is 0.645. The van der Waals surface area contributed by atoms with E-state index in [0.717, 1.165) is 9.80 Å². The van der Waals surface area contributed by atoms with Gasteiger partial charge >= 0.3 is 0 Å². The Morgan fingerprint density at radius 2 is 2.11 bits per heavy atom. The molecule has 6 nitrogen and oxygen atoms in total. The number of carbonyl (C=O) groups excluding carboxylic acids is 1. The van der Waals surface area contributed by atoms with Crippen LogP contribution in [0.3, 0.4) is 0 Å². The molecule has 3 aromatic rings. The number of nitrogens with zero attached hydrogens (tertiary/aromatic N) is 3. The second kappa shape index (κ2) is 7.53. The van der Waals surface area contributed by atoms with E-state index in [-0.39, 0.29) is 18.0 Å². The van der Waals surface area contributed by atoms with Gasteiger partial charge in [-0.2, -0.15) is 0 Å². The standard InChI is InChI=1S/C19H15F2N5OS/c1-11-16(13-4-2-6-14(20)10-13)25-26(28-21)17(11)19(27)24-15-8-7-12-5-3-9-22-18(12)23-15/h2-10,16,25H,1H3,(H,22,23,24,27). The summed E-state index contributed by atoms with van der Waals surface area (Å²) in [6.07, 6.45) is 1.61. The third kappa shape index (κ3) is 3.41. The predicted octanol–water partition coefficient (Wildman–Crippen LogP) is 4.08. The maximum absolute atomic E-state index is 13.6. The highest BCUT2D eigenvalue weighted by molar-refractivity contribution is 7.92. The van der Waals surface area contributed by atoms with E-state index in [1.165, 1.54) is 12.1 Å². The van der Waals surface area contributed by atoms with Gasteiger partial charge in [0.25, 0.3) is 5.91 Å². The second-order valence-electron chi connectivity index (χ2n) is 6.21. The first-order valence-electron chi connectivity index (χ1n) is 8.41. The average molecular weight is 399 g/mol. The molecule has 3 heterocycles. The fourth-order valence-electron chi connectivity index (χ4n) is 3.11. The Labute approximate surface area is 164 Å². The van der Waals surface area contributed by atoms with Crippen molar-refractivity contribution in [3.63, 3.8) is 0 Å². The largest absolute Gasteiger partial charge is 0.305 e. The summed E-state index contributed by atoms with van der Waals surface area (Å²) in [5.74, 6) is -0.635. The number of carbonyl (C=O) groups is 1. The molecule has 0 saturated heterocycles. The van der Waals surface area contributed by atoms with Gasteiger partial charge in [0, 0.05) is 11.6 Å². The van der Waals surface area contributed by atoms with Crippen molar-refractivity contribution in [1.29, 1.82) is 0 Å². The van der Waals surface area contributed by atoms with Crippen LogP contribution >= 0.6 is 12.3 Å². The number of hydrogen-bond donors (Lipinski definition) is 2.